The zero-order valence-electron chi connectivity index (χ0n) is 11.4. The topological polar surface area (TPSA) is 86.7 Å². The van der Waals surface area contributed by atoms with Gasteiger partial charge in [0, 0.05) is 12.7 Å². The number of aliphatic carboxylic acids is 1. The SMILES string of the molecule is CCC[C@@](C)(NC(=O)[C@H]1CSCN1C(C)=O)C(=O)O. The molecule has 1 rings (SSSR count). The van der Waals surface area contributed by atoms with Crippen molar-refractivity contribution in [1.29, 1.82) is 0 Å². The second-order valence-electron chi connectivity index (χ2n) is 4.88. The minimum Gasteiger partial charge on any atom is -0.480 e. The van der Waals surface area contributed by atoms with E-state index in [2.05, 4.69) is 5.32 Å². The van der Waals surface area contributed by atoms with Crippen LogP contribution in [-0.2, 0) is 14.4 Å². The number of carboxylic acid groups (broad SMARTS) is 1. The first kappa shape index (κ1) is 15.8. The molecule has 0 aromatic rings. The average molecular weight is 288 g/mol. The largest absolute Gasteiger partial charge is 0.480 e. The Morgan fingerprint density at radius 3 is 2.58 bits per heavy atom. The Labute approximate surface area is 116 Å². The summed E-state index contributed by atoms with van der Waals surface area (Å²) in [6.45, 7) is 4.77. The molecule has 0 aliphatic carbocycles. The quantitative estimate of drug-likeness (QED) is 0.776. The van der Waals surface area contributed by atoms with Crippen molar-refractivity contribution < 1.29 is 19.5 Å². The zero-order valence-corrected chi connectivity index (χ0v) is 12.2. The summed E-state index contributed by atoms with van der Waals surface area (Å²) < 4.78 is 0. The molecule has 6 nitrogen and oxygen atoms in total. The highest BCUT2D eigenvalue weighted by Gasteiger charge is 2.39. The van der Waals surface area contributed by atoms with E-state index < -0.39 is 23.5 Å². The fraction of sp³-hybridized carbons (Fsp3) is 0.750. The maximum atomic E-state index is 12.2. The third kappa shape index (κ3) is 3.62. The van der Waals surface area contributed by atoms with Gasteiger partial charge in [0.15, 0.2) is 0 Å². The van der Waals surface area contributed by atoms with E-state index in [0.29, 0.717) is 24.5 Å². The van der Waals surface area contributed by atoms with E-state index >= 15 is 0 Å². The van der Waals surface area contributed by atoms with E-state index in [1.54, 1.807) is 0 Å². The van der Waals surface area contributed by atoms with Crippen molar-refractivity contribution in [3.05, 3.63) is 0 Å². The monoisotopic (exact) mass is 288 g/mol. The van der Waals surface area contributed by atoms with Crippen LogP contribution >= 0.6 is 11.8 Å². The minimum atomic E-state index is -1.28. The predicted octanol–water partition coefficient (Wildman–Crippen LogP) is 0.667. The minimum absolute atomic E-state index is 0.169. The van der Waals surface area contributed by atoms with Crippen molar-refractivity contribution in [1.82, 2.24) is 10.2 Å². The molecule has 19 heavy (non-hydrogen) atoms. The van der Waals surface area contributed by atoms with Gasteiger partial charge in [-0.2, -0.15) is 0 Å². The normalized spacial score (nSPS) is 21.8. The summed E-state index contributed by atoms with van der Waals surface area (Å²) in [5, 5.41) is 11.8. The molecule has 108 valence electrons. The van der Waals surface area contributed by atoms with Crippen molar-refractivity contribution in [3.8, 4) is 0 Å². The van der Waals surface area contributed by atoms with Crippen LogP contribution in [0.5, 0.6) is 0 Å². The molecule has 1 saturated heterocycles. The highest BCUT2D eigenvalue weighted by Crippen LogP contribution is 2.22. The molecule has 0 aromatic carbocycles. The van der Waals surface area contributed by atoms with Gasteiger partial charge >= 0.3 is 5.97 Å². The van der Waals surface area contributed by atoms with Gasteiger partial charge in [-0.25, -0.2) is 4.79 Å². The first-order chi connectivity index (χ1) is 8.81. The van der Waals surface area contributed by atoms with Crippen LogP contribution < -0.4 is 5.32 Å². The zero-order chi connectivity index (χ0) is 14.6. The average Bonchev–Trinajstić information content (AvgIpc) is 2.77. The summed E-state index contributed by atoms with van der Waals surface area (Å²) in [6, 6.07) is -0.571. The maximum Gasteiger partial charge on any atom is 0.329 e. The van der Waals surface area contributed by atoms with Crippen LogP contribution in [-0.4, -0.2) is 51.0 Å². The Morgan fingerprint density at radius 1 is 1.47 bits per heavy atom. The maximum absolute atomic E-state index is 12.2. The molecule has 0 saturated carbocycles. The summed E-state index contributed by atoms with van der Waals surface area (Å²) in [6.07, 6.45) is 1.01. The first-order valence-corrected chi connectivity index (χ1v) is 7.37. The lowest BCUT2D eigenvalue weighted by molar-refractivity contribution is -0.148. The molecule has 1 heterocycles. The molecule has 1 aliphatic rings. The third-order valence-electron chi connectivity index (χ3n) is 3.21. The van der Waals surface area contributed by atoms with Crippen molar-refractivity contribution in [2.24, 2.45) is 0 Å². The Balaban J connectivity index is 2.77. The molecule has 7 heteroatoms. The Morgan fingerprint density at radius 2 is 2.11 bits per heavy atom. The number of nitrogens with one attached hydrogen (secondary N) is 1. The van der Waals surface area contributed by atoms with E-state index in [1.165, 1.54) is 30.5 Å². The van der Waals surface area contributed by atoms with Crippen LogP contribution in [0, 0.1) is 0 Å². The van der Waals surface area contributed by atoms with Gasteiger partial charge in [0.2, 0.25) is 11.8 Å². The standard InChI is InChI=1S/C12H20N2O4S/c1-4-5-12(3,11(17)18)13-10(16)9-6-19-7-14(9)8(2)15/h9H,4-7H2,1-3H3,(H,13,16)(H,17,18)/t9-,12-/m1/s1. The van der Waals surface area contributed by atoms with Gasteiger partial charge in [0.05, 0.1) is 5.88 Å². The van der Waals surface area contributed by atoms with Gasteiger partial charge in [-0.15, -0.1) is 11.8 Å². The fourth-order valence-corrected chi connectivity index (χ4v) is 3.27. The van der Waals surface area contributed by atoms with Gasteiger partial charge in [-0.1, -0.05) is 13.3 Å². The van der Waals surface area contributed by atoms with E-state index in [4.69, 9.17) is 0 Å². The highest BCUT2D eigenvalue weighted by molar-refractivity contribution is 7.99. The van der Waals surface area contributed by atoms with Gasteiger partial charge in [-0.05, 0) is 13.3 Å². The molecule has 0 radical (unpaired) electrons. The number of hydrogen-bond acceptors (Lipinski definition) is 4. The predicted molar refractivity (Wildman–Crippen MR) is 72.7 cm³/mol. The summed E-state index contributed by atoms with van der Waals surface area (Å²) >= 11 is 1.49. The van der Waals surface area contributed by atoms with Gasteiger partial charge in [-0.3, -0.25) is 9.59 Å². The number of carbonyl (C=O) groups is 3. The van der Waals surface area contributed by atoms with Crippen molar-refractivity contribution in [3.63, 3.8) is 0 Å². The second kappa shape index (κ2) is 6.27. The third-order valence-corrected chi connectivity index (χ3v) is 4.22. The molecule has 0 aromatic heterocycles. The summed E-state index contributed by atoms with van der Waals surface area (Å²) in [5.74, 6) is -0.628. The second-order valence-corrected chi connectivity index (χ2v) is 5.88. The van der Waals surface area contributed by atoms with Crippen LogP contribution in [0.3, 0.4) is 0 Å². The van der Waals surface area contributed by atoms with Crippen molar-refractivity contribution >= 4 is 29.5 Å². The molecule has 0 unspecified atom stereocenters. The number of nitrogens with zero attached hydrogens (tertiary/aromatic N) is 1. The van der Waals surface area contributed by atoms with Crippen LogP contribution in [0.4, 0.5) is 0 Å². The Kier molecular flexibility index (Phi) is 5.22. The molecule has 0 bridgehead atoms. The Bertz CT molecular complexity index is 388. The summed E-state index contributed by atoms with van der Waals surface area (Å²) in [4.78, 5) is 36.3. The van der Waals surface area contributed by atoms with Crippen molar-refractivity contribution in [2.75, 3.05) is 11.6 Å². The smallest absolute Gasteiger partial charge is 0.329 e. The fourth-order valence-electron chi connectivity index (χ4n) is 2.05. The van der Waals surface area contributed by atoms with Crippen LogP contribution in [0.15, 0.2) is 0 Å². The molecule has 0 spiro atoms. The van der Waals surface area contributed by atoms with Gasteiger partial charge < -0.3 is 15.3 Å². The van der Waals surface area contributed by atoms with E-state index in [9.17, 15) is 19.5 Å². The van der Waals surface area contributed by atoms with Crippen LogP contribution in [0.1, 0.15) is 33.6 Å². The molecule has 1 aliphatic heterocycles. The Hall–Kier alpha value is -1.24. The number of carbonyl (C=O) groups excluding carboxylic acids is 2. The first-order valence-electron chi connectivity index (χ1n) is 6.22. The lowest BCUT2D eigenvalue weighted by Gasteiger charge is -2.29. The van der Waals surface area contributed by atoms with Gasteiger partial charge in [0.1, 0.15) is 11.6 Å². The molecule has 1 fully saturated rings. The number of rotatable bonds is 5. The van der Waals surface area contributed by atoms with E-state index in [-0.39, 0.29) is 5.91 Å². The number of amides is 2. The molecule has 2 atom stereocenters. The highest BCUT2D eigenvalue weighted by atomic mass is 32.2. The molecular weight excluding hydrogens is 268 g/mol. The number of carboxylic acids is 1. The summed E-state index contributed by atoms with van der Waals surface area (Å²) in [5.41, 5.74) is -1.28. The van der Waals surface area contributed by atoms with Crippen LogP contribution in [0.25, 0.3) is 0 Å². The molecule has 2 amide bonds. The number of thioether (sulfide) groups is 1. The lowest BCUT2D eigenvalue weighted by atomic mass is 9.96. The molecular formula is C12H20N2O4S. The van der Waals surface area contributed by atoms with E-state index in [1.807, 2.05) is 6.92 Å². The van der Waals surface area contributed by atoms with Crippen molar-refractivity contribution in [2.45, 2.75) is 45.2 Å². The number of hydrogen-bond donors (Lipinski definition) is 2. The van der Waals surface area contributed by atoms with Gasteiger partial charge in [0.25, 0.3) is 0 Å². The summed E-state index contributed by atoms with van der Waals surface area (Å²) in [7, 11) is 0. The van der Waals surface area contributed by atoms with Crippen LogP contribution in [0.2, 0.25) is 0 Å². The van der Waals surface area contributed by atoms with E-state index in [0.717, 1.165) is 0 Å². The lowest BCUT2D eigenvalue weighted by Crippen LogP contribution is -2.57. The molecule has 2 N–H and O–H groups in total.